The van der Waals surface area contributed by atoms with Crippen LogP contribution in [0.25, 0.3) is 0 Å². The summed E-state index contributed by atoms with van der Waals surface area (Å²) in [5, 5.41) is 11.0. The Bertz CT molecular complexity index is 319. The maximum absolute atomic E-state index is 5.13. The topological polar surface area (TPSA) is 37.8 Å². The summed E-state index contributed by atoms with van der Waals surface area (Å²) >= 11 is 1.73. The summed E-state index contributed by atoms with van der Waals surface area (Å²) in [7, 11) is 0. The molecule has 1 N–H and O–H groups in total. The number of aromatic nitrogens is 2. The third-order valence-corrected chi connectivity index (χ3v) is 2.39. The summed E-state index contributed by atoms with van der Waals surface area (Å²) in [5.74, 6) is 5.16. The van der Waals surface area contributed by atoms with E-state index in [-0.39, 0.29) is 0 Å². The Morgan fingerprint density at radius 3 is 3.21 bits per heavy atom. The first kappa shape index (κ1) is 10.9. The molecular formula is C10H13N3S. The van der Waals surface area contributed by atoms with Crippen molar-refractivity contribution in [3.05, 3.63) is 17.8 Å². The quantitative estimate of drug-likeness (QED) is 0.587. The Hall–Kier alpha value is -1.21. The lowest BCUT2D eigenvalue weighted by Gasteiger charge is -2.03. The summed E-state index contributed by atoms with van der Waals surface area (Å²) < 4.78 is 0. The SMILES string of the molecule is C#CCSCCNc1cc(C)cnn1. The molecule has 0 aliphatic carbocycles. The first-order valence-corrected chi connectivity index (χ1v) is 5.53. The van der Waals surface area contributed by atoms with Crippen molar-refractivity contribution in [3.63, 3.8) is 0 Å². The van der Waals surface area contributed by atoms with E-state index in [2.05, 4.69) is 21.4 Å². The van der Waals surface area contributed by atoms with Crippen LogP contribution in [0.2, 0.25) is 0 Å². The monoisotopic (exact) mass is 207 g/mol. The lowest BCUT2D eigenvalue weighted by molar-refractivity contribution is 1.000. The standard InChI is InChI=1S/C10H13N3S/c1-3-5-14-6-4-11-10-7-9(2)8-12-13-10/h1,7-8H,4-6H2,2H3,(H,11,13). The van der Waals surface area contributed by atoms with Crippen molar-refractivity contribution in [1.82, 2.24) is 10.2 Å². The van der Waals surface area contributed by atoms with Crippen molar-refractivity contribution in [1.29, 1.82) is 0 Å². The highest BCUT2D eigenvalue weighted by molar-refractivity contribution is 7.99. The van der Waals surface area contributed by atoms with Crippen LogP contribution in [0.3, 0.4) is 0 Å². The van der Waals surface area contributed by atoms with Crippen LogP contribution in [-0.2, 0) is 0 Å². The normalized spacial score (nSPS) is 9.43. The van der Waals surface area contributed by atoms with Crippen molar-refractivity contribution in [2.45, 2.75) is 6.92 Å². The fourth-order valence-electron chi connectivity index (χ4n) is 0.933. The molecular weight excluding hydrogens is 194 g/mol. The molecule has 4 heteroatoms. The molecule has 0 spiro atoms. The van der Waals surface area contributed by atoms with Gasteiger partial charge in [-0.1, -0.05) is 5.92 Å². The van der Waals surface area contributed by atoms with E-state index in [1.807, 2.05) is 13.0 Å². The zero-order valence-electron chi connectivity index (χ0n) is 8.16. The highest BCUT2D eigenvalue weighted by Crippen LogP contribution is 2.04. The lowest BCUT2D eigenvalue weighted by Crippen LogP contribution is -2.06. The molecule has 1 rings (SSSR count). The van der Waals surface area contributed by atoms with E-state index >= 15 is 0 Å². The van der Waals surface area contributed by atoms with Gasteiger partial charge in [0.2, 0.25) is 0 Å². The van der Waals surface area contributed by atoms with Gasteiger partial charge in [-0.3, -0.25) is 0 Å². The van der Waals surface area contributed by atoms with Crippen molar-refractivity contribution in [2.75, 3.05) is 23.4 Å². The zero-order valence-corrected chi connectivity index (χ0v) is 8.97. The Labute approximate surface area is 88.7 Å². The lowest BCUT2D eigenvalue weighted by atomic mass is 10.3. The number of nitrogens with one attached hydrogen (secondary N) is 1. The molecule has 0 saturated heterocycles. The average Bonchev–Trinajstić information content (AvgIpc) is 2.18. The molecule has 14 heavy (non-hydrogen) atoms. The van der Waals surface area contributed by atoms with Crippen LogP contribution in [0.1, 0.15) is 5.56 Å². The van der Waals surface area contributed by atoms with Crippen LogP contribution in [0.15, 0.2) is 12.3 Å². The van der Waals surface area contributed by atoms with Gasteiger partial charge in [0.15, 0.2) is 0 Å². The number of anilines is 1. The molecule has 0 radical (unpaired) electrons. The summed E-state index contributed by atoms with van der Waals surface area (Å²) in [6, 6.07) is 1.97. The molecule has 0 bridgehead atoms. The molecule has 3 nitrogen and oxygen atoms in total. The van der Waals surface area contributed by atoms with Gasteiger partial charge in [0, 0.05) is 12.3 Å². The molecule has 0 aliphatic rings. The minimum absolute atomic E-state index is 0.765. The smallest absolute Gasteiger partial charge is 0.148 e. The van der Waals surface area contributed by atoms with Gasteiger partial charge in [0.25, 0.3) is 0 Å². The van der Waals surface area contributed by atoms with Gasteiger partial charge in [-0.15, -0.1) is 23.3 Å². The molecule has 0 aromatic carbocycles. The fourth-order valence-corrected chi connectivity index (χ4v) is 1.44. The Morgan fingerprint density at radius 2 is 2.50 bits per heavy atom. The Balaban J connectivity index is 2.22. The molecule has 0 atom stereocenters. The van der Waals surface area contributed by atoms with E-state index in [1.165, 1.54) is 0 Å². The van der Waals surface area contributed by atoms with E-state index in [9.17, 15) is 0 Å². The van der Waals surface area contributed by atoms with Crippen molar-refractivity contribution in [3.8, 4) is 12.3 Å². The first-order chi connectivity index (χ1) is 6.83. The van der Waals surface area contributed by atoms with Crippen molar-refractivity contribution < 1.29 is 0 Å². The van der Waals surface area contributed by atoms with Gasteiger partial charge in [-0.25, -0.2) is 0 Å². The molecule has 0 fully saturated rings. The number of rotatable bonds is 5. The van der Waals surface area contributed by atoms with Gasteiger partial charge >= 0.3 is 0 Å². The molecule has 0 aliphatic heterocycles. The number of hydrogen-bond donors (Lipinski definition) is 1. The predicted molar refractivity (Wildman–Crippen MR) is 61.4 cm³/mol. The second-order valence-electron chi connectivity index (χ2n) is 2.80. The molecule has 0 unspecified atom stereocenters. The fraction of sp³-hybridized carbons (Fsp3) is 0.400. The van der Waals surface area contributed by atoms with Crippen LogP contribution in [0, 0.1) is 19.3 Å². The van der Waals surface area contributed by atoms with E-state index < -0.39 is 0 Å². The van der Waals surface area contributed by atoms with Gasteiger partial charge < -0.3 is 5.32 Å². The summed E-state index contributed by atoms with van der Waals surface area (Å²) in [5.41, 5.74) is 1.11. The second kappa shape index (κ2) is 6.28. The van der Waals surface area contributed by atoms with Gasteiger partial charge in [0.1, 0.15) is 5.82 Å². The van der Waals surface area contributed by atoms with E-state index in [0.717, 1.165) is 29.4 Å². The van der Waals surface area contributed by atoms with Crippen LogP contribution >= 0.6 is 11.8 Å². The van der Waals surface area contributed by atoms with Crippen LogP contribution in [0.5, 0.6) is 0 Å². The highest BCUT2D eigenvalue weighted by atomic mass is 32.2. The number of thioether (sulfide) groups is 1. The number of terminal acetylenes is 1. The third-order valence-electron chi connectivity index (χ3n) is 1.53. The second-order valence-corrected chi connectivity index (χ2v) is 3.91. The molecule has 1 aromatic heterocycles. The van der Waals surface area contributed by atoms with Crippen molar-refractivity contribution >= 4 is 17.6 Å². The first-order valence-electron chi connectivity index (χ1n) is 4.37. The summed E-state index contributed by atoms with van der Waals surface area (Å²) in [6.45, 7) is 2.86. The number of aryl methyl sites for hydroxylation is 1. The maximum atomic E-state index is 5.13. The van der Waals surface area contributed by atoms with Crippen molar-refractivity contribution in [2.24, 2.45) is 0 Å². The van der Waals surface area contributed by atoms with Gasteiger partial charge in [-0.2, -0.15) is 5.10 Å². The summed E-state index contributed by atoms with van der Waals surface area (Å²) in [6.07, 6.45) is 6.86. The van der Waals surface area contributed by atoms with E-state index in [4.69, 9.17) is 6.42 Å². The summed E-state index contributed by atoms with van der Waals surface area (Å²) in [4.78, 5) is 0. The van der Waals surface area contributed by atoms with E-state index in [1.54, 1.807) is 18.0 Å². The number of hydrogen-bond acceptors (Lipinski definition) is 4. The van der Waals surface area contributed by atoms with Gasteiger partial charge in [-0.05, 0) is 18.6 Å². The van der Waals surface area contributed by atoms with Crippen LogP contribution in [-0.4, -0.2) is 28.2 Å². The average molecular weight is 207 g/mol. The van der Waals surface area contributed by atoms with Crippen LogP contribution in [0.4, 0.5) is 5.82 Å². The zero-order chi connectivity index (χ0) is 10.2. The highest BCUT2D eigenvalue weighted by Gasteiger charge is 1.93. The molecule has 0 saturated carbocycles. The van der Waals surface area contributed by atoms with Gasteiger partial charge in [0.05, 0.1) is 11.9 Å². The minimum atomic E-state index is 0.765. The molecule has 0 amide bonds. The van der Waals surface area contributed by atoms with E-state index in [0.29, 0.717) is 0 Å². The largest absolute Gasteiger partial charge is 0.368 e. The Kier molecular flexibility index (Phi) is 4.87. The number of nitrogens with zero attached hydrogens (tertiary/aromatic N) is 2. The predicted octanol–water partition coefficient (Wildman–Crippen LogP) is 1.56. The molecule has 1 heterocycles. The Morgan fingerprint density at radius 1 is 1.64 bits per heavy atom. The third kappa shape index (κ3) is 4.15. The maximum Gasteiger partial charge on any atom is 0.148 e. The molecule has 74 valence electrons. The minimum Gasteiger partial charge on any atom is -0.368 e. The van der Waals surface area contributed by atoms with Crippen LogP contribution < -0.4 is 5.32 Å². The molecule has 1 aromatic rings.